The van der Waals surface area contributed by atoms with Crippen molar-refractivity contribution in [3.8, 4) is 5.69 Å². The van der Waals surface area contributed by atoms with E-state index < -0.39 is 0 Å². The lowest BCUT2D eigenvalue weighted by molar-refractivity contribution is 0.796. The van der Waals surface area contributed by atoms with Crippen LogP contribution < -0.4 is 0 Å². The second-order valence-electron chi connectivity index (χ2n) is 4.94. The molecule has 0 saturated carbocycles. The van der Waals surface area contributed by atoms with E-state index in [1.807, 2.05) is 48.8 Å². The molecular formula is C15H13N7S. The Morgan fingerprint density at radius 1 is 1.13 bits per heavy atom. The van der Waals surface area contributed by atoms with Crippen LogP contribution in [0.5, 0.6) is 0 Å². The summed E-state index contributed by atoms with van der Waals surface area (Å²) in [4.78, 5) is 8.56. The Labute approximate surface area is 136 Å². The number of fused-ring (bicyclic) bond motifs is 1. The average molecular weight is 323 g/mol. The Balaban J connectivity index is 1.55. The number of benzene rings is 1. The minimum absolute atomic E-state index is 0.0878. The quantitative estimate of drug-likeness (QED) is 0.537. The highest BCUT2D eigenvalue weighted by Crippen LogP contribution is 2.31. The number of hydrogen-bond acceptors (Lipinski definition) is 6. The zero-order valence-electron chi connectivity index (χ0n) is 12.3. The van der Waals surface area contributed by atoms with E-state index in [1.165, 1.54) is 11.8 Å². The molecule has 0 amide bonds. The van der Waals surface area contributed by atoms with Gasteiger partial charge in [0.1, 0.15) is 0 Å². The first-order valence-electron chi connectivity index (χ1n) is 7.11. The SMILES string of the molecule is C[C@H](Sc1nc2ncccn2n1)c1cn(-c2ccccc2)nn1. The standard InChI is InChI=1S/C15H13N7S/c1-11(23-15-17-14-16-8-5-9-21(14)19-15)13-10-22(20-18-13)12-6-3-2-4-7-12/h2-11H,1H3/t11-/m0/s1. The summed E-state index contributed by atoms with van der Waals surface area (Å²) in [5.41, 5.74) is 1.86. The number of hydrogen-bond donors (Lipinski definition) is 0. The molecule has 23 heavy (non-hydrogen) atoms. The van der Waals surface area contributed by atoms with E-state index in [-0.39, 0.29) is 5.25 Å². The van der Waals surface area contributed by atoms with Gasteiger partial charge in [-0.25, -0.2) is 14.2 Å². The molecule has 8 heteroatoms. The molecule has 3 aromatic heterocycles. The monoisotopic (exact) mass is 323 g/mol. The maximum Gasteiger partial charge on any atom is 0.253 e. The van der Waals surface area contributed by atoms with Crippen LogP contribution in [0.25, 0.3) is 11.5 Å². The van der Waals surface area contributed by atoms with Gasteiger partial charge in [-0.2, -0.15) is 4.98 Å². The van der Waals surface area contributed by atoms with Crippen molar-refractivity contribution in [3.63, 3.8) is 0 Å². The Kier molecular flexibility index (Phi) is 3.51. The van der Waals surface area contributed by atoms with E-state index >= 15 is 0 Å². The van der Waals surface area contributed by atoms with Crippen LogP contribution in [0.4, 0.5) is 0 Å². The van der Waals surface area contributed by atoms with E-state index in [0.29, 0.717) is 10.9 Å². The van der Waals surface area contributed by atoms with Crippen LogP contribution in [0, 0.1) is 0 Å². The van der Waals surface area contributed by atoms with E-state index in [0.717, 1.165) is 11.4 Å². The summed E-state index contributed by atoms with van der Waals surface area (Å²) < 4.78 is 3.43. The first-order chi connectivity index (χ1) is 11.3. The van der Waals surface area contributed by atoms with Crippen molar-refractivity contribution in [3.05, 3.63) is 60.7 Å². The molecule has 4 aromatic rings. The van der Waals surface area contributed by atoms with Crippen molar-refractivity contribution in [2.75, 3.05) is 0 Å². The number of aromatic nitrogens is 7. The molecule has 0 bridgehead atoms. The maximum atomic E-state index is 4.39. The highest BCUT2D eigenvalue weighted by molar-refractivity contribution is 7.99. The molecule has 0 N–H and O–H groups in total. The molecule has 1 aromatic carbocycles. The third-order valence-electron chi connectivity index (χ3n) is 3.33. The van der Waals surface area contributed by atoms with Crippen molar-refractivity contribution >= 4 is 17.5 Å². The van der Waals surface area contributed by atoms with Gasteiger partial charge in [-0.05, 0) is 25.1 Å². The van der Waals surface area contributed by atoms with Crippen LogP contribution in [0.2, 0.25) is 0 Å². The third kappa shape index (κ3) is 2.80. The van der Waals surface area contributed by atoms with Gasteiger partial charge in [0.2, 0.25) is 5.16 Å². The molecule has 4 rings (SSSR count). The summed E-state index contributed by atoms with van der Waals surface area (Å²) in [6.07, 6.45) is 5.46. The van der Waals surface area contributed by atoms with Gasteiger partial charge in [-0.3, -0.25) is 0 Å². The molecule has 0 aliphatic heterocycles. The Bertz CT molecular complexity index is 898. The van der Waals surface area contributed by atoms with Crippen LogP contribution in [-0.4, -0.2) is 34.6 Å². The summed E-state index contributed by atoms with van der Waals surface area (Å²) in [6.45, 7) is 2.06. The van der Waals surface area contributed by atoms with Crippen LogP contribution in [0.3, 0.4) is 0 Å². The molecule has 0 fully saturated rings. The van der Waals surface area contributed by atoms with Crippen LogP contribution in [-0.2, 0) is 0 Å². The van der Waals surface area contributed by atoms with Gasteiger partial charge < -0.3 is 0 Å². The lowest BCUT2D eigenvalue weighted by Gasteiger charge is -2.03. The summed E-state index contributed by atoms with van der Waals surface area (Å²) in [6, 6.07) is 11.7. The van der Waals surface area contributed by atoms with Crippen molar-refractivity contribution in [2.45, 2.75) is 17.3 Å². The normalized spacial score (nSPS) is 12.6. The van der Waals surface area contributed by atoms with Crippen LogP contribution >= 0.6 is 11.8 Å². The molecule has 0 spiro atoms. The van der Waals surface area contributed by atoms with Crippen LogP contribution in [0.15, 0.2) is 60.1 Å². The van der Waals surface area contributed by atoms with Gasteiger partial charge in [0, 0.05) is 12.4 Å². The highest BCUT2D eigenvalue weighted by Gasteiger charge is 2.15. The fourth-order valence-electron chi connectivity index (χ4n) is 2.15. The van der Waals surface area contributed by atoms with Gasteiger partial charge in [0.05, 0.1) is 22.8 Å². The zero-order valence-corrected chi connectivity index (χ0v) is 13.1. The van der Waals surface area contributed by atoms with Crippen molar-refractivity contribution in [2.24, 2.45) is 0 Å². The lowest BCUT2D eigenvalue weighted by Crippen LogP contribution is -1.93. The summed E-state index contributed by atoms with van der Waals surface area (Å²) in [5, 5.41) is 13.6. The van der Waals surface area contributed by atoms with Crippen molar-refractivity contribution in [1.29, 1.82) is 0 Å². The molecule has 0 saturated heterocycles. The third-order valence-corrected chi connectivity index (χ3v) is 4.31. The summed E-state index contributed by atoms with van der Waals surface area (Å²) in [5.74, 6) is 0.593. The fraction of sp³-hybridized carbons (Fsp3) is 0.133. The fourth-order valence-corrected chi connectivity index (χ4v) is 2.97. The number of rotatable bonds is 4. The molecule has 3 heterocycles. The summed E-state index contributed by atoms with van der Waals surface area (Å²) in [7, 11) is 0. The van der Waals surface area contributed by atoms with E-state index in [2.05, 4.69) is 32.3 Å². The molecular weight excluding hydrogens is 310 g/mol. The molecule has 0 aliphatic carbocycles. The van der Waals surface area contributed by atoms with Gasteiger partial charge in [-0.15, -0.1) is 10.2 Å². The number of nitrogens with zero attached hydrogens (tertiary/aromatic N) is 7. The largest absolute Gasteiger partial charge is 0.253 e. The van der Waals surface area contributed by atoms with Crippen LogP contribution in [0.1, 0.15) is 17.9 Å². The molecule has 0 aliphatic rings. The van der Waals surface area contributed by atoms with Crippen molar-refractivity contribution < 1.29 is 0 Å². The van der Waals surface area contributed by atoms with E-state index in [4.69, 9.17) is 0 Å². The lowest BCUT2D eigenvalue weighted by atomic mass is 10.3. The summed E-state index contributed by atoms with van der Waals surface area (Å²) >= 11 is 1.53. The number of thioether (sulfide) groups is 1. The minimum Gasteiger partial charge on any atom is -0.220 e. The van der Waals surface area contributed by atoms with E-state index in [9.17, 15) is 0 Å². The molecule has 0 radical (unpaired) electrons. The Morgan fingerprint density at radius 2 is 2.00 bits per heavy atom. The van der Waals surface area contributed by atoms with Gasteiger partial charge >= 0.3 is 0 Å². The molecule has 1 atom stereocenters. The predicted molar refractivity (Wildman–Crippen MR) is 86.4 cm³/mol. The minimum atomic E-state index is 0.0878. The average Bonchev–Trinajstić information content (AvgIpc) is 3.22. The smallest absolute Gasteiger partial charge is 0.220 e. The Hall–Kier alpha value is -2.74. The van der Waals surface area contributed by atoms with E-state index in [1.54, 1.807) is 15.4 Å². The number of para-hydroxylation sites is 1. The van der Waals surface area contributed by atoms with Crippen molar-refractivity contribution in [1.82, 2.24) is 34.6 Å². The maximum absolute atomic E-state index is 4.39. The second-order valence-corrected chi connectivity index (χ2v) is 6.25. The topological polar surface area (TPSA) is 73.8 Å². The first kappa shape index (κ1) is 13.9. The zero-order chi connectivity index (χ0) is 15.6. The van der Waals surface area contributed by atoms with Gasteiger partial charge in [0.25, 0.3) is 5.78 Å². The van der Waals surface area contributed by atoms with Gasteiger partial charge in [-0.1, -0.05) is 35.2 Å². The van der Waals surface area contributed by atoms with Gasteiger partial charge in [0.15, 0.2) is 0 Å². The highest BCUT2D eigenvalue weighted by atomic mass is 32.2. The molecule has 7 nitrogen and oxygen atoms in total. The predicted octanol–water partition coefficient (Wildman–Crippen LogP) is 2.56. The molecule has 114 valence electrons. The molecule has 0 unspecified atom stereocenters. The Morgan fingerprint density at radius 3 is 2.83 bits per heavy atom. The first-order valence-corrected chi connectivity index (χ1v) is 7.99. The second kappa shape index (κ2) is 5.81.